The normalized spacial score (nSPS) is 12.3. The molecule has 1 atom stereocenters. The number of rotatable bonds is 8. The Balaban J connectivity index is 1.95. The van der Waals surface area contributed by atoms with Crippen LogP contribution in [0.1, 0.15) is 42.4 Å². The van der Waals surface area contributed by atoms with E-state index in [0.717, 1.165) is 16.7 Å². The van der Waals surface area contributed by atoms with Gasteiger partial charge in [-0.25, -0.2) is 19.6 Å². The van der Waals surface area contributed by atoms with Crippen LogP contribution in [-0.2, 0) is 6.18 Å². The number of benzene rings is 1. The number of carbonyl (C=O) groups excluding carboxylic acids is 1. The number of hydrogen-bond acceptors (Lipinski definition) is 7. The van der Waals surface area contributed by atoms with Crippen molar-refractivity contribution in [3.8, 4) is 21.7 Å². The SMILES string of the molecule is CCNC(=O)Nc1cc(-c2nc(C(F)(F)F)cs2)c(-c2ccc3c(c2)c(=O)c(C(=O)O)cn3[C@@H](CC)CO)cn1. The molecule has 0 aliphatic heterocycles. The Morgan fingerprint density at radius 1 is 1.18 bits per heavy atom. The number of alkyl halides is 3. The molecule has 40 heavy (non-hydrogen) atoms. The summed E-state index contributed by atoms with van der Waals surface area (Å²) in [4.78, 5) is 45.0. The van der Waals surface area contributed by atoms with E-state index in [-0.39, 0.29) is 28.4 Å². The largest absolute Gasteiger partial charge is 0.477 e. The summed E-state index contributed by atoms with van der Waals surface area (Å²) in [7, 11) is 0. The van der Waals surface area contributed by atoms with E-state index in [1.54, 1.807) is 26.0 Å². The number of carboxylic acids is 1. The van der Waals surface area contributed by atoms with Crippen LogP contribution in [0.2, 0.25) is 0 Å². The number of halogens is 3. The van der Waals surface area contributed by atoms with Crippen LogP contribution in [0.25, 0.3) is 32.6 Å². The molecular weight excluding hydrogens is 551 g/mol. The number of aliphatic hydroxyl groups is 1. The molecule has 14 heteroatoms. The summed E-state index contributed by atoms with van der Waals surface area (Å²) in [5, 5.41) is 25.4. The highest BCUT2D eigenvalue weighted by Gasteiger charge is 2.34. The van der Waals surface area contributed by atoms with E-state index < -0.39 is 40.9 Å². The van der Waals surface area contributed by atoms with Crippen molar-refractivity contribution in [2.45, 2.75) is 32.5 Å². The first-order valence-corrected chi connectivity index (χ1v) is 13.0. The number of fused-ring (bicyclic) bond motifs is 1. The highest BCUT2D eigenvalue weighted by molar-refractivity contribution is 7.13. The predicted molar refractivity (Wildman–Crippen MR) is 144 cm³/mol. The second kappa shape index (κ2) is 11.4. The van der Waals surface area contributed by atoms with Crippen molar-refractivity contribution in [2.75, 3.05) is 18.5 Å². The summed E-state index contributed by atoms with van der Waals surface area (Å²) in [5.74, 6) is -1.39. The number of aromatic nitrogens is 3. The molecule has 0 fully saturated rings. The van der Waals surface area contributed by atoms with E-state index in [9.17, 15) is 37.8 Å². The smallest absolute Gasteiger partial charge is 0.434 e. The molecule has 0 radical (unpaired) electrons. The summed E-state index contributed by atoms with van der Waals surface area (Å²) < 4.78 is 41.5. The van der Waals surface area contributed by atoms with Crippen molar-refractivity contribution in [3.05, 3.63) is 63.5 Å². The number of thiazole rings is 1. The van der Waals surface area contributed by atoms with Crippen LogP contribution in [0.4, 0.5) is 23.8 Å². The average molecular weight is 576 g/mol. The number of nitrogens with zero attached hydrogens (tertiary/aromatic N) is 3. The summed E-state index contributed by atoms with van der Waals surface area (Å²) in [5.41, 5.74) is -1.11. The minimum atomic E-state index is -4.67. The fourth-order valence-electron chi connectivity index (χ4n) is 4.17. The maximum Gasteiger partial charge on any atom is 0.434 e. The van der Waals surface area contributed by atoms with E-state index >= 15 is 0 Å². The monoisotopic (exact) mass is 575 g/mol. The second-order valence-corrected chi connectivity index (χ2v) is 9.55. The van der Waals surface area contributed by atoms with Gasteiger partial charge in [-0.1, -0.05) is 13.0 Å². The third-order valence-corrected chi connectivity index (χ3v) is 7.03. The summed E-state index contributed by atoms with van der Waals surface area (Å²) in [6.07, 6.45) is -1.70. The fourth-order valence-corrected chi connectivity index (χ4v) is 5.03. The zero-order chi connectivity index (χ0) is 29.2. The predicted octanol–water partition coefficient (Wildman–Crippen LogP) is 4.99. The lowest BCUT2D eigenvalue weighted by atomic mass is 9.99. The molecule has 0 aliphatic rings. The Hall–Kier alpha value is -4.30. The van der Waals surface area contributed by atoms with Gasteiger partial charge in [0.2, 0.25) is 5.43 Å². The molecule has 4 N–H and O–H groups in total. The van der Waals surface area contributed by atoms with Crippen LogP contribution in [0, 0.1) is 0 Å². The molecule has 210 valence electrons. The van der Waals surface area contributed by atoms with Crippen molar-refractivity contribution in [3.63, 3.8) is 0 Å². The van der Waals surface area contributed by atoms with Gasteiger partial charge in [0, 0.05) is 40.8 Å². The van der Waals surface area contributed by atoms with Crippen LogP contribution in [0.15, 0.2) is 46.8 Å². The molecule has 0 bridgehead atoms. The van der Waals surface area contributed by atoms with Crippen LogP contribution in [0.5, 0.6) is 0 Å². The standard InChI is InChI=1S/C26H24F3N5O5S/c1-3-14(11-35)34-10-18(24(37)38)22(36)16-7-13(5-6-19(16)34)17-9-31-21(33-25(39)30-4-2)8-15(17)23-32-20(12-40-23)26(27,28)29/h5-10,12,14,35H,3-4,11H2,1-2H3,(H,37,38)(H2,30,31,33,39)/t14-/m0/s1. The van der Waals surface area contributed by atoms with Gasteiger partial charge in [0.1, 0.15) is 16.4 Å². The number of aromatic carboxylic acids is 1. The number of pyridine rings is 2. The van der Waals surface area contributed by atoms with Gasteiger partial charge in [-0.15, -0.1) is 11.3 Å². The molecule has 4 rings (SSSR count). The van der Waals surface area contributed by atoms with Gasteiger partial charge in [-0.3, -0.25) is 10.1 Å². The molecule has 2 amide bonds. The molecule has 1 aromatic carbocycles. The topological polar surface area (TPSA) is 146 Å². The number of hydrogen-bond donors (Lipinski definition) is 4. The first-order chi connectivity index (χ1) is 19.0. The molecule has 3 heterocycles. The minimum Gasteiger partial charge on any atom is -0.477 e. The number of aliphatic hydroxyl groups excluding tert-OH is 1. The molecule has 0 spiro atoms. The number of urea groups is 1. The molecular formula is C26H24F3N5O5S. The maximum absolute atomic E-state index is 13.3. The van der Waals surface area contributed by atoms with Gasteiger partial charge < -0.3 is 20.1 Å². The van der Waals surface area contributed by atoms with Gasteiger partial charge in [-0.2, -0.15) is 13.2 Å². The molecule has 0 saturated heterocycles. The zero-order valence-electron chi connectivity index (χ0n) is 21.2. The number of anilines is 1. The van der Waals surface area contributed by atoms with Gasteiger partial charge in [-0.05, 0) is 37.1 Å². The molecule has 10 nitrogen and oxygen atoms in total. The van der Waals surface area contributed by atoms with Gasteiger partial charge in [0.25, 0.3) is 0 Å². The second-order valence-electron chi connectivity index (χ2n) is 8.70. The van der Waals surface area contributed by atoms with E-state index in [4.69, 9.17) is 0 Å². The summed E-state index contributed by atoms with van der Waals surface area (Å²) in [6, 6.07) is 4.92. The third kappa shape index (κ3) is 5.67. The third-order valence-electron chi connectivity index (χ3n) is 6.16. The quantitative estimate of drug-likeness (QED) is 0.232. The number of amides is 2. The highest BCUT2D eigenvalue weighted by Crippen LogP contribution is 2.39. The van der Waals surface area contributed by atoms with E-state index in [0.29, 0.717) is 29.6 Å². The van der Waals surface area contributed by atoms with Gasteiger partial charge in [0.15, 0.2) is 5.69 Å². The molecule has 0 unspecified atom stereocenters. The summed E-state index contributed by atoms with van der Waals surface area (Å²) in [6.45, 7) is 3.55. The lowest BCUT2D eigenvalue weighted by Gasteiger charge is -2.20. The zero-order valence-corrected chi connectivity index (χ0v) is 22.1. The first kappa shape index (κ1) is 28.7. The Morgan fingerprint density at radius 3 is 2.52 bits per heavy atom. The maximum atomic E-state index is 13.3. The average Bonchev–Trinajstić information content (AvgIpc) is 3.41. The summed E-state index contributed by atoms with van der Waals surface area (Å²) >= 11 is 0.743. The van der Waals surface area contributed by atoms with Crippen molar-refractivity contribution >= 4 is 40.1 Å². The number of nitrogens with one attached hydrogen (secondary N) is 2. The molecule has 0 aliphatic carbocycles. The highest BCUT2D eigenvalue weighted by atomic mass is 32.1. The fraction of sp³-hybridized carbons (Fsp3) is 0.269. The molecule has 4 aromatic rings. The first-order valence-electron chi connectivity index (χ1n) is 12.1. The van der Waals surface area contributed by atoms with Gasteiger partial charge >= 0.3 is 18.2 Å². The van der Waals surface area contributed by atoms with Crippen LogP contribution < -0.4 is 16.1 Å². The van der Waals surface area contributed by atoms with Crippen molar-refractivity contribution in [2.24, 2.45) is 0 Å². The lowest BCUT2D eigenvalue weighted by molar-refractivity contribution is -0.140. The number of carbonyl (C=O) groups is 2. The molecule has 3 aromatic heterocycles. The van der Waals surface area contributed by atoms with Crippen LogP contribution >= 0.6 is 11.3 Å². The van der Waals surface area contributed by atoms with E-state index in [1.165, 1.54) is 29.1 Å². The van der Waals surface area contributed by atoms with E-state index in [2.05, 4.69) is 20.6 Å². The molecule has 0 saturated carbocycles. The Kier molecular flexibility index (Phi) is 8.21. The Labute approximate surface area is 229 Å². The van der Waals surface area contributed by atoms with Crippen molar-refractivity contribution in [1.29, 1.82) is 0 Å². The lowest BCUT2D eigenvalue weighted by Crippen LogP contribution is -2.28. The van der Waals surface area contributed by atoms with Crippen molar-refractivity contribution in [1.82, 2.24) is 19.9 Å². The minimum absolute atomic E-state index is 0.00760. The van der Waals surface area contributed by atoms with Crippen LogP contribution in [-0.4, -0.2) is 49.9 Å². The van der Waals surface area contributed by atoms with Gasteiger partial charge in [0.05, 0.1) is 18.2 Å². The van der Waals surface area contributed by atoms with Crippen molar-refractivity contribution < 1.29 is 33.0 Å². The number of carboxylic acid groups (broad SMARTS) is 1. The Morgan fingerprint density at radius 2 is 1.93 bits per heavy atom. The Bertz CT molecular complexity index is 1650. The van der Waals surface area contributed by atoms with Crippen LogP contribution in [0.3, 0.4) is 0 Å². The van der Waals surface area contributed by atoms with E-state index in [1.807, 2.05) is 0 Å².